The molecule has 0 N–H and O–H groups in total. The van der Waals surface area contributed by atoms with Gasteiger partial charge in [0.2, 0.25) is 0 Å². The van der Waals surface area contributed by atoms with E-state index in [1.165, 1.54) is 5.71 Å². The van der Waals surface area contributed by atoms with E-state index in [0.717, 1.165) is 26.2 Å². The summed E-state index contributed by atoms with van der Waals surface area (Å²) < 4.78 is 0. The number of hydrogen-bond donors (Lipinski definition) is 0. The van der Waals surface area contributed by atoms with Crippen molar-refractivity contribution in [2.45, 2.75) is 0 Å². The Kier molecular flexibility index (Phi) is 2.04. The van der Waals surface area contributed by atoms with Crippen molar-refractivity contribution in [1.29, 1.82) is 0 Å². The first-order valence-electron chi connectivity index (χ1n) is 4.64. The van der Waals surface area contributed by atoms with Crippen LogP contribution in [0.2, 0.25) is 0 Å². The van der Waals surface area contributed by atoms with Gasteiger partial charge < -0.3 is 9.74 Å². The molecule has 0 atom stereocenters. The fourth-order valence-corrected chi connectivity index (χ4v) is 2.59. The van der Waals surface area contributed by atoms with E-state index < -0.39 is 0 Å². The second-order valence-electron chi connectivity index (χ2n) is 4.35. The minimum atomic E-state index is 0.305. The van der Waals surface area contributed by atoms with Crippen molar-refractivity contribution in [3.63, 3.8) is 0 Å². The summed E-state index contributed by atoms with van der Waals surface area (Å²) in [5.41, 5.74) is 1.52. The first-order chi connectivity index (χ1) is 6.16. The molecule has 2 aliphatic rings. The Morgan fingerprint density at radius 2 is 1.85 bits per heavy atom. The third-order valence-electron chi connectivity index (χ3n) is 2.95. The van der Waals surface area contributed by atoms with Crippen molar-refractivity contribution in [1.82, 2.24) is 9.80 Å². The summed E-state index contributed by atoms with van der Waals surface area (Å²) in [4.78, 5) is 9.52. The molecule has 2 fully saturated rings. The highest BCUT2D eigenvalue weighted by Crippen LogP contribution is 2.36. The van der Waals surface area contributed by atoms with Crippen LogP contribution in [-0.4, -0.2) is 62.9 Å². The van der Waals surface area contributed by atoms with Gasteiger partial charge in [-0.25, -0.2) is 0 Å². The first-order valence-corrected chi connectivity index (χ1v) is 4.64. The summed E-state index contributed by atoms with van der Waals surface area (Å²) in [5, 5.41) is 4.13. The molecule has 0 saturated carbocycles. The standard InChI is InChI=1S/C9H17N3O/c1-11-4-8(10-13-3)9(5-11)6-12(2)7-9/h4-7H2,1-3H3/b10-8+. The van der Waals surface area contributed by atoms with Crippen LogP contribution in [0.5, 0.6) is 0 Å². The molecule has 74 valence electrons. The zero-order valence-electron chi connectivity index (χ0n) is 8.58. The molecule has 2 heterocycles. The molecule has 0 amide bonds. The van der Waals surface area contributed by atoms with E-state index in [9.17, 15) is 0 Å². The number of rotatable bonds is 1. The molecule has 0 aliphatic carbocycles. The highest BCUT2D eigenvalue weighted by Gasteiger charge is 2.50. The average Bonchev–Trinajstić information content (AvgIpc) is 2.28. The molecule has 0 bridgehead atoms. The highest BCUT2D eigenvalue weighted by molar-refractivity contribution is 5.95. The summed E-state index contributed by atoms with van der Waals surface area (Å²) in [6.07, 6.45) is 0. The average molecular weight is 183 g/mol. The molecule has 4 heteroatoms. The van der Waals surface area contributed by atoms with Gasteiger partial charge in [0.25, 0.3) is 0 Å². The lowest BCUT2D eigenvalue weighted by Crippen LogP contribution is -2.59. The molecule has 2 saturated heterocycles. The van der Waals surface area contributed by atoms with Crippen LogP contribution in [0.15, 0.2) is 5.16 Å². The van der Waals surface area contributed by atoms with E-state index in [2.05, 4.69) is 29.1 Å². The fourth-order valence-electron chi connectivity index (χ4n) is 2.59. The zero-order chi connectivity index (χ0) is 9.47. The SMILES string of the molecule is CO/N=C1\CN(C)CC12CN(C)C2. The van der Waals surface area contributed by atoms with Gasteiger partial charge >= 0.3 is 0 Å². The Balaban J connectivity index is 2.13. The monoisotopic (exact) mass is 183 g/mol. The molecule has 0 unspecified atom stereocenters. The van der Waals surface area contributed by atoms with Gasteiger partial charge in [-0.15, -0.1) is 0 Å². The van der Waals surface area contributed by atoms with E-state index in [1.54, 1.807) is 7.11 Å². The minimum absolute atomic E-state index is 0.305. The number of hydrogen-bond acceptors (Lipinski definition) is 4. The summed E-state index contributed by atoms with van der Waals surface area (Å²) >= 11 is 0. The van der Waals surface area contributed by atoms with Crippen molar-refractivity contribution < 1.29 is 4.84 Å². The molecule has 13 heavy (non-hydrogen) atoms. The lowest BCUT2D eigenvalue weighted by molar-refractivity contribution is 0.0739. The van der Waals surface area contributed by atoms with Crippen LogP contribution in [0.3, 0.4) is 0 Å². The topological polar surface area (TPSA) is 28.1 Å². The third kappa shape index (κ3) is 1.34. The van der Waals surface area contributed by atoms with Crippen molar-refractivity contribution >= 4 is 5.71 Å². The molecular formula is C9H17N3O. The van der Waals surface area contributed by atoms with Gasteiger partial charge in [0.15, 0.2) is 0 Å². The zero-order valence-corrected chi connectivity index (χ0v) is 8.58. The van der Waals surface area contributed by atoms with Crippen LogP contribution in [0.25, 0.3) is 0 Å². The fraction of sp³-hybridized carbons (Fsp3) is 0.889. The maximum Gasteiger partial charge on any atom is 0.106 e. The van der Waals surface area contributed by atoms with E-state index in [1.807, 2.05) is 0 Å². The van der Waals surface area contributed by atoms with Gasteiger partial charge in [0.05, 0.1) is 11.1 Å². The number of likely N-dealkylation sites (tertiary alicyclic amines) is 2. The van der Waals surface area contributed by atoms with Crippen LogP contribution in [0.1, 0.15) is 0 Å². The van der Waals surface area contributed by atoms with Gasteiger partial charge in [0.1, 0.15) is 7.11 Å². The van der Waals surface area contributed by atoms with Crippen LogP contribution >= 0.6 is 0 Å². The molecular weight excluding hydrogens is 166 g/mol. The van der Waals surface area contributed by atoms with Crippen molar-refractivity contribution in [3.05, 3.63) is 0 Å². The molecule has 4 nitrogen and oxygen atoms in total. The quantitative estimate of drug-likeness (QED) is 0.530. The smallest absolute Gasteiger partial charge is 0.106 e. The van der Waals surface area contributed by atoms with Crippen LogP contribution in [0, 0.1) is 5.41 Å². The van der Waals surface area contributed by atoms with Crippen LogP contribution < -0.4 is 0 Å². The summed E-state index contributed by atoms with van der Waals surface area (Å²) in [7, 11) is 5.91. The molecule has 0 aromatic heterocycles. The van der Waals surface area contributed by atoms with Gasteiger partial charge in [-0.05, 0) is 14.1 Å². The summed E-state index contributed by atoms with van der Waals surface area (Å²) in [5.74, 6) is 0. The van der Waals surface area contributed by atoms with Gasteiger partial charge in [-0.3, -0.25) is 4.90 Å². The molecule has 0 aromatic carbocycles. The van der Waals surface area contributed by atoms with Crippen molar-refractivity contribution in [3.8, 4) is 0 Å². The van der Waals surface area contributed by atoms with Crippen molar-refractivity contribution in [2.24, 2.45) is 10.6 Å². The second kappa shape index (κ2) is 2.96. The predicted octanol–water partition coefficient (Wildman–Crippen LogP) is -0.134. The Morgan fingerprint density at radius 1 is 1.23 bits per heavy atom. The highest BCUT2D eigenvalue weighted by atomic mass is 16.6. The van der Waals surface area contributed by atoms with Gasteiger partial charge in [0, 0.05) is 26.2 Å². The lowest BCUT2D eigenvalue weighted by Gasteiger charge is -2.45. The largest absolute Gasteiger partial charge is 0.399 e. The van der Waals surface area contributed by atoms with Crippen molar-refractivity contribution in [2.75, 3.05) is 47.4 Å². The molecule has 2 aliphatic heterocycles. The summed E-state index contributed by atoms with van der Waals surface area (Å²) in [6, 6.07) is 0. The predicted molar refractivity (Wildman–Crippen MR) is 51.9 cm³/mol. The lowest BCUT2D eigenvalue weighted by atomic mass is 9.78. The minimum Gasteiger partial charge on any atom is -0.399 e. The number of nitrogens with zero attached hydrogens (tertiary/aromatic N) is 3. The molecule has 0 aromatic rings. The molecule has 2 rings (SSSR count). The van der Waals surface area contributed by atoms with Crippen LogP contribution in [-0.2, 0) is 4.84 Å². The van der Waals surface area contributed by atoms with E-state index >= 15 is 0 Å². The Bertz CT molecular complexity index is 233. The molecule has 0 radical (unpaired) electrons. The molecule has 1 spiro atoms. The maximum absolute atomic E-state index is 4.88. The number of oxime groups is 1. The van der Waals surface area contributed by atoms with E-state index in [-0.39, 0.29) is 0 Å². The Morgan fingerprint density at radius 3 is 2.38 bits per heavy atom. The normalized spacial score (nSPS) is 31.2. The second-order valence-corrected chi connectivity index (χ2v) is 4.35. The Labute approximate surface area is 79.1 Å². The van der Waals surface area contributed by atoms with Gasteiger partial charge in [-0.1, -0.05) is 5.16 Å². The van der Waals surface area contributed by atoms with E-state index in [0.29, 0.717) is 5.41 Å². The van der Waals surface area contributed by atoms with E-state index in [4.69, 9.17) is 4.84 Å². The summed E-state index contributed by atoms with van der Waals surface area (Å²) in [6.45, 7) is 4.33. The third-order valence-corrected chi connectivity index (χ3v) is 2.95. The van der Waals surface area contributed by atoms with Gasteiger partial charge in [-0.2, -0.15) is 0 Å². The maximum atomic E-state index is 4.88. The Hall–Kier alpha value is -0.610. The first kappa shape index (κ1) is 8.97. The van der Waals surface area contributed by atoms with Crippen LogP contribution in [0.4, 0.5) is 0 Å².